The average Bonchev–Trinajstić information content (AvgIpc) is 2.78. The van der Waals surface area contributed by atoms with E-state index in [-0.39, 0.29) is 16.9 Å². The Morgan fingerprint density at radius 2 is 1.68 bits per heavy atom. The van der Waals surface area contributed by atoms with Gasteiger partial charge in [0.15, 0.2) is 0 Å². The Labute approximate surface area is 140 Å². The molecule has 0 bridgehead atoms. The van der Waals surface area contributed by atoms with Gasteiger partial charge in [-0.15, -0.1) is 0 Å². The number of carbonyl (C=O) groups is 1. The van der Waals surface area contributed by atoms with Crippen molar-refractivity contribution in [2.24, 2.45) is 14.1 Å². The Bertz CT molecular complexity index is 1030. The van der Waals surface area contributed by atoms with E-state index in [1.807, 2.05) is 0 Å². The molecule has 3 aromatic rings. The van der Waals surface area contributed by atoms with Gasteiger partial charge in [0.1, 0.15) is 0 Å². The maximum Gasteiger partial charge on any atom is 0.416 e. The lowest BCUT2D eigenvalue weighted by Gasteiger charge is -2.10. The van der Waals surface area contributed by atoms with Crippen molar-refractivity contribution in [3.05, 3.63) is 64.1 Å². The minimum atomic E-state index is -4.48. The second kappa shape index (κ2) is 5.80. The predicted molar refractivity (Wildman–Crippen MR) is 87.6 cm³/mol. The van der Waals surface area contributed by atoms with Crippen LogP contribution in [0.4, 0.5) is 18.9 Å². The Morgan fingerprint density at radius 1 is 1.00 bits per heavy atom. The summed E-state index contributed by atoms with van der Waals surface area (Å²) >= 11 is 0. The monoisotopic (exact) mass is 349 g/mol. The van der Waals surface area contributed by atoms with Crippen LogP contribution in [0.5, 0.6) is 0 Å². The van der Waals surface area contributed by atoms with E-state index >= 15 is 0 Å². The zero-order chi connectivity index (χ0) is 18.4. The number of benzene rings is 2. The predicted octanol–water partition coefficient (Wildman–Crippen LogP) is 3.15. The third-order valence-electron chi connectivity index (χ3n) is 3.98. The normalized spacial score (nSPS) is 11.7. The summed E-state index contributed by atoms with van der Waals surface area (Å²) in [6.07, 6.45) is -4.48. The molecule has 130 valence electrons. The summed E-state index contributed by atoms with van der Waals surface area (Å²) < 4.78 is 41.1. The third kappa shape index (κ3) is 3.02. The van der Waals surface area contributed by atoms with Crippen molar-refractivity contribution in [3.8, 4) is 0 Å². The van der Waals surface area contributed by atoms with E-state index < -0.39 is 17.6 Å². The highest BCUT2D eigenvalue weighted by atomic mass is 19.4. The molecule has 1 aromatic heterocycles. The zero-order valence-corrected chi connectivity index (χ0v) is 13.4. The largest absolute Gasteiger partial charge is 0.416 e. The number of anilines is 1. The highest BCUT2D eigenvalue weighted by Crippen LogP contribution is 2.30. The van der Waals surface area contributed by atoms with Gasteiger partial charge < -0.3 is 5.32 Å². The van der Waals surface area contributed by atoms with Gasteiger partial charge in [0, 0.05) is 25.3 Å². The molecule has 2 aromatic carbocycles. The molecule has 5 nitrogen and oxygen atoms in total. The molecule has 0 fully saturated rings. The van der Waals surface area contributed by atoms with E-state index in [1.54, 1.807) is 20.2 Å². The molecule has 1 N–H and O–H groups in total. The number of rotatable bonds is 2. The fourth-order valence-electron chi connectivity index (χ4n) is 2.62. The van der Waals surface area contributed by atoms with Crippen molar-refractivity contribution >= 4 is 22.6 Å². The molecule has 0 radical (unpaired) electrons. The van der Waals surface area contributed by atoms with E-state index in [0.29, 0.717) is 11.0 Å². The number of nitrogens with one attached hydrogen (secondary N) is 1. The Hall–Kier alpha value is -3.03. The van der Waals surface area contributed by atoms with Crippen molar-refractivity contribution in [2.45, 2.75) is 6.18 Å². The smallest absolute Gasteiger partial charge is 0.322 e. The lowest BCUT2D eigenvalue weighted by Crippen LogP contribution is -2.19. The van der Waals surface area contributed by atoms with Gasteiger partial charge in [-0.1, -0.05) is 6.07 Å². The highest BCUT2D eigenvalue weighted by Gasteiger charge is 2.30. The maximum absolute atomic E-state index is 12.7. The molecule has 0 aliphatic heterocycles. The highest BCUT2D eigenvalue weighted by molar-refractivity contribution is 6.06. The Kier molecular flexibility index (Phi) is 3.90. The molecule has 8 heteroatoms. The summed E-state index contributed by atoms with van der Waals surface area (Å²) in [7, 11) is 3.20. The van der Waals surface area contributed by atoms with Crippen molar-refractivity contribution in [1.82, 2.24) is 9.13 Å². The van der Waals surface area contributed by atoms with Crippen molar-refractivity contribution in [3.63, 3.8) is 0 Å². The molecular formula is C17H14F3N3O2. The van der Waals surface area contributed by atoms with E-state index in [4.69, 9.17) is 0 Å². The first-order chi connectivity index (χ1) is 11.7. The third-order valence-corrected chi connectivity index (χ3v) is 3.98. The summed E-state index contributed by atoms with van der Waals surface area (Å²) in [6, 6.07) is 9.07. The number of hydrogen-bond acceptors (Lipinski definition) is 2. The first-order valence-electron chi connectivity index (χ1n) is 7.32. The molecule has 0 atom stereocenters. The molecule has 0 aliphatic rings. The van der Waals surface area contributed by atoms with Gasteiger partial charge in [-0.25, -0.2) is 4.79 Å². The quantitative estimate of drug-likeness (QED) is 0.773. The summed E-state index contributed by atoms with van der Waals surface area (Å²) in [4.78, 5) is 24.2. The lowest BCUT2D eigenvalue weighted by molar-refractivity contribution is -0.137. The summed E-state index contributed by atoms with van der Waals surface area (Å²) in [5, 5.41) is 2.44. The number of halogens is 3. The number of nitrogens with zero attached hydrogens (tertiary/aromatic N) is 2. The second-order valence-corrected chi connectivity index (χ2v) is 5.64. The van der Waals surface area contributed by atoms with Crippen LogP contribution in [-0.2, 0) is 20.3 Å². The van der Waals surface area contributed by atoms with E-state index in [2.05, 4.69) is 5.32 Å². The lowest BCUT2D eigenvalue weighted by atomic mass is 10.1. The summed E-state index contributed by atoms with van der Waals surface area (Å²) in [5.74, 6) is -0.558. The standard InChI is InChI=1S/C17H14F3N3O2/c1-22-13-7-6-10(8-14(13)23(2)16(22)25)15(24)21-12-5-3-4-11(9-12)17(18,19)20/h3-9H,1-2H3,(H,21,24). The fraction of sp³-hybridized carbons (Fsp3) is 0.176. The number of carbonyl (C=O) groups excluding carboxylic acids is 1. The maximum atomic E-state index is 12.7. The first-order valence-corrected chi connectivity index (χ1v) is 7.32. The minimum Gasteiger partial charge on any atom is -0.322 e. The van der Waals surface area contributed by atoms with Crippen LogP contribution in [0.1, 0.15) is 15.9 Å². The summed E-state index contributed by atoms with van der Waals surface area (Å²) in [5.41, 5.74) is 0.428. The number of hydrogen-bond donors (Lipinski definition) is 1. The number of aromatic nitrogens is 2. The molecule has 0 saturated heterocycles. The number of amides is 1. The Balaban J connectivity index is 1.93. The number of alkyl halides is 3. The summed E-state index contributed by atoms with van der Waals surface area (Å²) in [6.45, 7) is 0. The van der Waals surface area contributed by atoms with Crippen LogP contribution in [0.2, 0.25) is 0 Å². The van der Waals surface area contributed by atoms with Gasteiger partial charge in [0.2, 0.25) is 0 Å². The molecule has 0 unspecified atom stereocenters. The van der Waals surface area contributed by atoms with E-state index in [0.717, 1.165) is 12.1 Å². The zero-order valence-electron chi connectivity index (χ0n) is 13.4. The molecule has 1 heterocycles. The van der Waals surface area contributed by atoms with Crippen LogP contribution in [0.15, 0.2) is 47.3 Å². The van der Waals surface area contributed by atoms with Crippen LogP contribution < -0.4 is 11.0 Å². The van der Waals surface area contributed by atoms with Gasteiger partial charge in [-0.3, -0.25) is 13.9 Å². The molecular weight excluding hydrogens is 335 g/mol. The van der Waals surface area contributed by atoms with Crippen LogP contribution in [0, 0.1) is 0 Å². The van der Waals surface area contributed by atoms with Gasteiger partial charge in [-0.05, 0) is 36.4 Å². The number of aryl methyl sites for hydroxylation is 2. The second-order valence-electron chi connectivity index (χ2n) is 5.64. The van der Waals surface area contributed by atoms with Gasteiger partial charge in [0.05, 0.1) is 16.6 Å². The van der Waals surface area contributed by atoms with E-state index in [9.17, 15) is 22.8 Å². The van der Waals surface area contributed by atoms with Crippen LogP contribution in [-0.4, -0.2) is 15.0 Å². The topological polar surface area (TPSA) is 56.0 Å². The number of imidazole rings is 1. The van der Waals surface area contributed by atoms with Gasteiger partial charge >= 0.3 is 11.9 Å². The molecule has 1 amide bonds. The van der Waals surface area contributed by atoms with Crippen molar-refractivity contribution < 1.29 is 18.0 Å². The SMILES string of the molecule is Cn1c(=O)n(C)c2cc(C(=O)Nc3cccc(C(F)(F)F)c3)ccc21. The van der Waals surface area contributed by atoms with Gasteiger partial charge in [0.25, 0.3) is 5.91 Å². The van der Waals surface area contributed by atoms with Gasteiger partial charge in [-0.2, -0.15) is 13.2 Å². The molecule has 0 spiro atoms. The Morgan fingerprint density at radius 3 is 2.36 bits per heavy atom. The first kappa shape index (κ1) is 16.8. The van der Waals surface area contributed by atoms with E-state index in [1.165, 1.54) is 33.4 Å². The molecule has 25 heavy (non-hydrogen) atoms. The minimum absolute atomic E-state index is 0.0434. The average molecular weight is 349 g/mol. The molecule has 0 aliphatic carbocycles. The fourth-order valence-corrected chi connectivity index (χ4v) is 2.62. The number of fused-ring (bicyclic) bond motifs is 1. The van der Waals surface area contributed by atoms with Crippen LogP contribution in [0.3, 0.4) is 0 Å². The van der Waals surface area contributed by atoms with Crippen LogP contribution in [0.25, 0.3) is 11.0 Å². The van der Waals surface area contributed by atoms with Crippen LogP contribution >= 0.6 is 0 Å². The molecule has 3 rings (SSSR count). The van der Waals surface area contributed by atoms with Crippen molar-refractivity contribution in [1.29, 1.82) is 0 Å². The molecule has 0 saturated carbocycles. The van der Waals surface area contributed by atoms with Crippen molar-refractivity contribution in [2.75, 3.05) is 5.32 Å².